The van der Waals surface area contributed by atoms with Gasteiger partial charge in [0.1, 0.15) is 5.82 Å². The number of aromatic hydroxyl groups is 1. The zero-order valence-electron chi connectivity index (χ0n) is 18.2. The van der Waals surface area contributed by atoms with Gasteiger partial charge in [0, 0.05) is 12.6 Å². The third-order valence-electron chi connectivity index (χ3n) is 5.77. The van der Waals surface area contributed by atoms with Gasteiger partial charge in [-0.3, -0.25) is 4.79 Å². The standard InChI is InChI=1S/C26H24FNO4/c1-15-18(8-9-23(29)22-5-4-10-28-22)21-14-17(27)6-7-19(21)20(15)11-16-12-24(31-2)26(30)25(13-16)32-3/h4-7,10-14,28,30H,8-9H2,1-3H3/b20-11-. The summed E-state index contributed by atoms with van der Waals surface area (Å²) in [5.74, 6) is 0.221. The largest absolute Gasteiger partial charge is 0.502 e. The Morgan fingerprint density at radius 3 is 2.44 bits per heavy atom. The first kappa shape index (κ1) is 21.4. The summed E-state index contributed by atoms with van der Waals surface area (Å²) in [5.41, 5.74) is 5.89. The van der Waals surface area contributed by atoms with E-state index in [-0.39, 0.29) is 17.3 Å². The second kappa shape index (κ2) is 8.75. The van der Waals surface area contributed by atoms with E-state index in [1.807, 2.05) is 13.0 Å². The van der Waals surface area contributed by atoms with E-state index in [1.165, 1.54) is 26.4 Å². The summed E-state index contributed by atoms with van der Waals surface area (Å²) in [6.45, 7) is 1.98. The van der Waals surface area contributed by atoms with Gasteiger partial charge < -0.3 is 19.6 Å². The van der Waals surface area contributed by atoms with E-state index in [1.54, 1.807) is 36.5 Å². The van der Waals surface area contributed by atoms with Gasteiger partial charge in [0.15, 0.2) is 17.3 Å². The minimum absolute atomic E-state index is 0.0127. The zero-order chi connectivity index (χ0) is 22.8. The van der Waals surface area contributed by atoms with Crippen LogP contribution in [0.4, 0.5) is 4.39 Å². The van der Waals surface area contributed by atoms with Crippen molar-refractivity contribution in [3.63, 3.8) is 0 Å². The van der Waals surface area contributed by atoms with Crippen LogP contribution in [-0.4, -0.2) is 30.1 Å². The monoisotopic (exact) mass is 433 g/mol. The number of fused-ring (bicyclic) bond motifs is 1. The molecule has 0 unspecified atom stereocenters. The first-order valence-corrected chi connectivity index (χ1v) is 10.3. The number of aromatic nitrogens is 1. The molecule has 6 heteroatoms. The average Bonchev–Trinajstić information content (AvgIpc) is 3.41. The van der Waals surface area contributed by atoms with Crippen molar-refractivity contribution in [1.82, 2.24) is 4.98 Å². The molecule has 0 fully saturated rings. The van der Waals surface area contributed by atoms with Crippen LogP contribution in [0.5, 0.6) is 17.2 Å². The SMILES string of the molecule is COc1cc(/C=C2/C(C)=C(CCC(=O)c3ccc[nH]3)c3cc(F)ccc32)cc(OC)c1O. The summed E-state index contributed by atoms with van der Waals surface area (Å²) < 4.78 is 24.6. The number of phenolic OH excluding ortho intramolecular Hbond substituents is 1. The molecule has 164 valence electrons. The Morgan fingerprint density at radius 2 is 1.81 bits per heavy atom. The molecule has 0 saturated heterocycles. The Bertz CT molecular complexity index is 1210. The third-order valence-corrected chi connectivity index (χ3v) is 5.77. The van der Waals surface area contributed by atoms with Crippen molar-refractivity contribution in [3.05, 3.63) is 82.4 Å². The maximum Gasteiger partial charge on any atom is 0.200 e. The number of allylic oxidation sites excluding steroid dienone is 3. The van der Waals surface area contributed by atoms with E-state index in [0.717, 1.165) is 33.4 Å². The highest BCUT2D eigenvalue weighted by Crippen LogP contribution is 2.45. The molecule has 3 aromatic rings. The fourth-order valence-corrected chi connectivity index (χ4v) is 4.12. The summed E-state index contributed by atoms with van der Waals surface area (Å²) in [6, 6.07) is 11.7. The van der Waals surface area contributed by atoms with E-state index < -0.39 is 0 Å². The van der Waals surface area contributed by atoms with Gasteiger partial charge in [0.25, 0.3) is 0 Å². The summed E-state index contributed by atoms with van der Waals surface area (Å²) in [7, 11) is 2.95. The van der Waals surface area contributed by atoms with Crippen LogP contribution in [0, 0.1) is 5.82 Å². The molecule has 2 aromatic carbocycles. The molecule has 4 rings (SSSR count). The summed E-state index contributed by atoms with van der Waals surface area (Å²) in [5, 5.41) is 10.2. The minimum atomic E-state index is -0.320. The van der Waals surface area contributed by atoms with E-state index in [9.17, 15) is 14.3 Å². The molecule has 0 atom stereocenters. The first-order chi connectivity index (χ1) is 15.4. The van der Waals surface area contributed by atoms with Crippen LogP contribution in [0.1, 0.15) is 46.9 Å². The number of benzene rings is 2. The molecule has 2 N–H and O–H groups in total. The molecule has 0 spiro atoms. The number of hydrogen-bond donors (Lipinski definition) is 2. The van der Waals surface area contributed by atoms with Gasteiger partial charge in [0.05, 0.1) is 19.9 Å². The number of phenols is 1. The number of aromatic amines is 1. The van der Waals surface area contributed by atoms with Crippen molar-refractivity contribution in [2.24, 2.45) is 0 Å². The molecule has 1 aromatic heterocycles. The number of carbonyl (C=O) groups excluding carboxylic acids is 1. The lowest BCUT2D eigenvalue weighted by atomic mass is 9.99. The highest BCUT2D eigenvalue weighted by Gasteiger charge is 2.25. The Labute approximate surface area is 185 Å². The van der Waals surface area contributed by atoms with Crippen molar-refractivity contribution < 1.29 is 23.8 Å². The van der Waals surface area contributed by atoms with Crippen LogP contribution in [0.15, 0.2) is 54.2 Å². The molecule has 1 aliphatic rings. The Kier molecular flexibility index (Phi) is 5.86. The van der Waals surface area contributed by atoms with Crippen LogP contribution in [0.3, 0.4) is 0 Å². The van der Waals surface area contributed by atoms with E-state index >= 15 is 0 Å². The van der Waals surface area contributed by atoms with Gasteiger partial charge in [-0.15, -0.1) is 0 Å². The summed E-state index contributed by atoms with van der Waals surface area (Å²) >= 11 is 0. The highest BCUT2D eigenvalue weighted by molar-refractivity contribution is 6.06. The predicted molar refractivity (Wildman–Crippen MR) is 122 cm³/mol. The molecular weight excluding hydrogens is 409 g/mol. The van der Waals surface area contributed by atoms with Gasteiger partial charge in [-0.25, -0.2) is 4.39 Å². The van der Waals surface area contributed by atoms with Crippen LogP contribution in [-0.2, 0) is 0 Å². The Morgan fingerprint density at radius 1 is 1.09 bits per heavy atom. The second-order valence-electron chi connectivity index (χ2n) is 7.63. The van der Waals surface area contributed by atoms with Gasteiger partial charge in [-0.2, -0.15) is 0 Å². The number of H-pyrrole nitrogens is 1. The number of methoxy groups -OCH3 is 2. The van der Waals surface area contributed by atoms with Crippen molar-refractivity contribution in [2.45, 2.75) is 19.8 Å². The van der Waals surface area contributed by atoms with E-state index in [0.29, 0.717) is 30.0 Å². The number of nitrogens with one attached hydrogen (secondary N) is 1. The van der Waals surface area contributed by atoms with E-state index in [4.69, 9.17) is 9.47 Å². The number of hydrogen-bond acceptors (Lipinski definition) is 4. The average molecular weight is 433 g/mol. The van der Waals surface area contributed by atoms with Crippen LogP contribution >= 0.6 is 0 Å². The molecule has 5 nitrogen and oxygen atoms in total. The number of carbonyl (C=O) groups is 1. The molecule has 32 heavy (non-hydrogen) atoms. The van der Waals surface area contributed by atoms with Crippen molar-refractivity contribution in [3.8, 4) is 17.2 Å². The molecule has 0 aliphatic heterocycles. The van der Waals surface area contributed by atoms with Crippen molar-refractivity contribution in [2.75, 3.05) is 14.2 Å². The number of rotatable bonds is 7. The molecule has 0 saturated carbocycles. The Balaban J connectivity index is 1.75. The predicted octanol–water partition coefficient (Wildman–Crippen LogP) is 5.87. The lowest BCUT2D eigenvalue weighted by molar-refractivity contribution is 0.0980. The third kappa shape index (κ3) is 3.91. The van der Waals surface area contributed by atoms with Gasteiger partial charge in [-0.1, -0.05) is 6.07 Å². The van der Waals surface area contributed by atoms with Gasteiger partial charge in [-0.05, 0) is 89.2 Å². The maximum atomic E-state index is 14.1. The van der Waals surface area contributed by atoms with Gasteiger partial charge >= 0.3 is 0 Å². The lowest BCUT2D eigenvalue weighted by Crippen LogP contribution is -2.00. The van der Waals surface area contributed by atoms with Gasteiger partial charge in [0.2, 0.25) is 5.75 Å². The smallest absolute Gasteiger partial charge is 0.200 e. The normalized spacial score (nSPS) is 14.1. The molecule has 1 aliphatic carbocycles. The van der Waals surface area contributed by atoms with Crippen LogP contribution in [0.2, 0.25) is 0 Å². The summed E-state index contributed by atoms with van der Waals surface area (Å²) in [4.78, 5) is 15.4. The van der Waals surface area contributed by atoms with Crippen molar-refractivity contribution >= 4 is 23.0 Å². The van der Waals surface area contributed by atoms with Crippen LogP contribution < -0.4 is 9.47 Å². The zero-order valence-corrected chi connectivity index (χ0v) is 18.2. The lowest BCUT2D eigenvalue weighted by Gasteiger charge is -2.11. The topological polar surface area (TPSA) is 71.6 Å². The second-order valence-corrected chi connectivity index (χ2v) is 7.63. The highest BCUT2D eigenvalue weighted by atomic mass is 19.1. The fourth-order valence-electron chi connectivity index (χ4n) is 4.12. The quantitative estimate of drug-likeness (QED) is 0.457. The molecule has 0 amide bonds. The summed E-state index contributed by atoms with van der Waals surface area (Å²) in [6.07, 6.45) is 4.49. The van der Waals surface area contributed by atoms with E-state index in [2.05, 4.69) is 4.98 Å². The number of Topliss-reactive ketones (excluding diaryl/α,β-unsaturated/α-hetero) is 1. The molecule has 1 heterocycles. The Hall–Kier alpha value is -3.80. The fraction of sp³-hybridized carbons (Fsp3) is 0.192. The molecule has 0 bridgehead atoms. The minimum Gasteiger partial charge on any atom is -0.502 e. The van der Waals surface area contributed by atoms with Crippen molar-refractivity contribution in [1.29, 1.82) is 0 Å². The molecule has 0 radical (unpaired) electrons. The number of ketones is 1. The first-order valence-electron chi connectivity index (χ1n) is 10.3. The maximum absolute atomic E-state index is 14.1. The molecular formula is C26H24FNO4. The van der Waals surface area contributed by atoms with Crippen LogP contribution in [0.25, 0.3) is 17.2 Å². The number of halogens is 1. The number of ether oxygens (including phenoxy) is 2.